The van der Waals surface area contributed by atoms with Crippen molar-refractivity contribution in [1.82, 2.24) is 9.38 Å². The van der Waals surface area contributed by atoms with Crippen LogP contribution in [0.15, 0.2) is 22.8 Å². The highest BCUT2D eigenvalue weighted by Gasteiger charge is 2.12. The molecule has 0 aliphatic carbocycles. The van der Waals surface area contributed by atoms with Crippen molar-refractivity contribution in [1.29, 1.82) is 0 Å². The molecule has 0 saturated carbocycles. The minimum absolute atomic E-state index is 0.210. The molecule has 2 rings (SSSR count). The number of pyridine rings is 1. The van der Waals surface area contributed by atoms with Crippen molar-refractivity contribution in [3.63, 3.8) is 0 Å². The molecular weight excluding hydrogens is 272 g/mol. The third kappa shape index (κ3) is 1.95. The predicted molar refractivity (Wildman–Crippen MR) is 63.3 cm³/mol. The van der Waals surface area contributed by atoms with Crippen molar-refractivity contribution >= 4 is 27.5 Å². The summed E-state index contributed by atoms with van der Waals surface area (Å²) in [6.07, 6.45) is 2.13. The van der Waals surface area contributed by atoms with E-state index in [0.717, 1.165) is 21.5 Å². The molecule has 2 heterocycles. The molecule has 16 heavy (non-hydrogen) atoms. The van der Waals surface area contributed by atoms with Crippen LogP contribution in [-0.2, 0) is 16.0 Å². The van der Waals surface area contributed by atoms with Crippen molar-refractivity contribution in [2.75, 3.05) is 7.11 Å². The number of esters is 1. The SMILES string of the molecule is COC(=O)Cc1nc2cc(Br)ccn2c1C. The first kappa shape index (κ1) is 11.1. The van der Waals surface area contributed by atoms with Gasteiger partial charge in [-0.2, -0.15) is 0 Å². The van der Waals surface area contributed by atoms with Crippen LogP contribution in [0.3, 0.4) is 0 Å². The van der Waals surface area contributed by atoms with Crippen LogP contribution in [0.1, 0.15) is 11.4 Å². The number of hydrogen-bond donors (Lipinski definition) is 0. The van der Waals surface area contributed by atoms with Crippen LogP contribution in [0.4, 0.5) is 0 Å². The van der Waals surface area contributed by atoms with Crippen LogP contribution in [0.2, 0.25) is 0 Å². The Bertz CT molecular complexity index is 548. The Morgan fingerprint density at radius 2 is 2.38 bits per heavy atom. The molecule has 0 aliphatic rings. The maximum Gasteiger partial charge on any atom is 0.311 e. The number of halogens is 1. The van der Waals surface area contributed by atoms with Crippen molar-refractivity contribution < 1.29 is 9.53 Å². The lowest BCUT2D eigenvalue weighted by Crippen LogP contribution is -2.05. The van der Waals surface area contributed by atoms with Gasteiger partial charge in [-0.25, -0.2) is 4.98 Å². The van der Waals surface area contributed by atoms with E-state index >= 15 is 0 Å². The van der Waals surface area contributed by atoms with Crippen LogP contribution in [0.25, 0.3) is 5.65 Å². The van der Waals surface area contributed by atoms with E-state index in [0.29, 0.717) is 0 Å². The smallest absolute Gasteiger partial charge is 0.311 e. The van der Waals surface area contributed by atoms with Gasteiger partial charge < -0.3 is 9.14 Å². The molecule has 0 atom stereocenters. The third-order valence-electron chi connectivity index (χ3n) is 2.46. The summed E-state index contributed by atoms with van der Waals surface area (Å²) in [5.74, 6) is -0.273. The van der Waals surface area contributed by atoms with Crippen LogP contribution in [-0.4, -0.2) is 22.5 Å². The molecule has 5 heteroatoms. The van der Waals surface area contributed by atoms with Crippen LogP contribution >= 0.6 is 15.9 Å². The van der Waals surface area contributed by atoms with E-state index in [4.69, 9.17) is 0 Å². The lowest BCUT2D eigenvalue weighted by Gasteiger charge is -1.98. The van der Waals surface area contributed by atoms with Crippen LogP contribution < -0.4 is 0 Å². The quantitative estimate of drug-likeness (QED) is 0.793. The van der Waals surface area contributed by atoms with Crippen molar-refractivity contribution in [3.05, 3.63) is 34.2 Å². The van der Waals surface area contributed by atoms with Crippen molar-refractivity contribution in [2.24, 2.45) is 0 Å². The van der Waals surface area contributed by atoms with Gasteiger partial charge in [0.2, 0.25) is 0 Å². The second-order valence-electron chi connectivity index (χ2n) is 3.47. The number of fused-ring (bicyclic) bond motifs is 1. The Morgan fingerprint density at radius 1 is 1.62 bits per heavy atom. The summed E-state index contributed by atoms with van der Waals surface area (Å²) in [5.41, 5.74) is 2.55. The summed E-state index contributed by atoms with van der Waals surface area (Å²) < 4.78 is 7.55. The molecule has 0 aliphatic heterocycles. The number of aromatic nitrogens is 2. The summed E-state index contributed by atoms with van der Waals surface area (Å²) in [4.78, 5) is 15.6. The molecule has 0 fully saturated rings. The monoisotopic (exact) mass is 282 g/mol. The molecule has 0 spiro atoms. The number of aryl methyl sites for hydroxylation is 1. The zero-order chi connectivity index (χ0) is 11.7. The Balaban J connectivity index is 2.47. The molecule has 0 radical (unpaired) electrons. The number of ether oxygens (including phenoxy) is 1. The van der Waals surface area contributed by atoms with Crippen molar-refractivity contribution in [3.8, 4) is 0 Å². The van der Waals surface area contributed by atoms with Gasteiger partial charge in [0, 0.05) is 16.4 Å². The summed E-state index contributed by atoms with van der Waals surface area (Å²) in [5, 5.41) is 0. The number of hydrogen-bond acceptors (Lipinski definition) is 3. The lowest BCUT2D eigenvalue weighted by molar-refractivity contribution is -0.139. The highest BCUT2D eigenvalue weighted by atomic mass is 79.9. The normalized spacial score (nSPS) is 10.7. The maximum absolute atomic E-state index is 11.2. The topological polar surface area (TPSA) is 43.6 Å². The van der Waals surface area contributed by atoms with Crippen LogP contribution in [0.5, 0.6) is 0 Å². The lowest BCUT2D eigenvalue weighted by atomic mass is 10.2. The number of carbonyl (C=O) groups is 1. The second-order valence-corrected chi connectivity index (χ2v) is 4.39. The average molecular weight is 283 g/mol. The minimum atomic E-state index is -0.273. The Hall–Kier alpha value is -1.36. The van der Waals surface area contributed by atoms with Gasteiger partial charge in [-0.15, -0.1) is 0 Å². The van der Waals surface area contributed by atoms with Crippen LogP contribution in [0, 0.1) is 6.92 Å². The molecule has 2 aromatic heterocycles. The summed E-state index contributed by atoms with van der Waals surface area (Å²) in [7, 11) is 1.38. The number of methoxy groups -OCH3 is 1. The minimum Gasteiger partial charge on any atom is -0.469 e. The van der Waals surface area contributed by atoms with E-state index < -0.39 is 0 Å². The fraction of sp³-hybridized carbons (Fsp3) is 0.273. The van der Waals surface area contributed by atoms with E-state index in [1.807, 2.05) is 29.7 Å². The fourth-order valence-electron chi connectivity index (χ4n) is 1.57. The molecule has 0 N–H and O–H groups in total. The molecular formula is C11H11BrN2O2. The number of imidazole rings is 1. The molecule has 2 aromatic rings. The van der Waals surface area contributed by atoms with E-state index in [1.165, 1.54) is 7.11 Å². The molecule has 0 aromatic carbocycles. The molecule has 0 amide bonds. The number of carbonyl (C=O) groups excluding carboxylic acids is 1. The molecule has 0 unspecified atom stereocenters. The van der Waals surface area contributed by atoms with Gasteiger partial charge in [0.1, 0.15) is 5.65 Å². The Labute approximate surface area is 101 Å². The van der Waals surface area contributed by atoms with Crippen molar-refractivity contribution in [2.45, 2.75) is 13.3 Å². The van der Waals surface area contributed by atoms with E-state index in [1.54, 1.807) is 0 Å². The zero-order valence-corrected chi connectivity index (χ0v) is 10.6. The van der Waals surface area contributed by atoms with Gasteiger partial charge in [-0.3, -0.25) is 4.79 Å². The third-order valence-corrected chi connectivity index (χ3v) is 2.96. The summed E-state index contributed by atoms with van der Waals surface area (Å²) >= 11 is 3.39. The van der Waals surface area contributed by atoms with Gasteiger partial charge in [-0.05, 0) is 19.1 Å². The molecule has 0 bridgehead atoms. The predicted octanol–water partition coefficient (Wildman–Crippen LogP) is 2.12. The van der Waals surface area contributed by atoms with Gasteiger partial charge in [0.15, 0.2) is 0 Å². The molecule has 4 nitrogen and oxygen atoms in total. The second kappa shape index (κ2) is 4.25. The first-order chi connectivity index (χ1) is 7.61. The van der Waals surface area contributed by atoms with E-state index in [-0.39, 0.29) is 12.4 Å². The standard InChI is InChI=1S/C11H11BrN2O2/c1-7-9(6-11(15)16-2)13-10-5-8(12)3-4-14(7)10/h3-5H,6H2,1-2H3. The fourth-order valence-corrected chi connectivity index (χ4v) is 1.89. The first-order valence-electron chi connectivity index (χ1n) is 4.81. The highest BCUT2D eigenvalue weighted by Crippen LogP contribution is 2.17. The van der Waals surface area contributed by atoms with E-state index in [9.17, 15) is 4.79 Å². The zero-order valence-electron chi connectivity index (χ0n) is 9.03. The van der Waals surface area contributed by atoms with E-state index in [2.05, 4.69) is 25.7 Å². The number of nitrogens with zero attached hydrogens (tertiary/aromatic N) is 2. The van der Waals surface area contributed by atoms with Gasteiger partial charge in [0.05, 0.1) is 19.2 Å². The summed E-state index contributed by atoms with van der Waals surface area (Å²) in [6, 6.07) is 3.84. The Morgan fingerprint density at radius 3 is 3.06 bits per heavy atom. The maximum atomic E-state index is 11.2. The molecule has 0 saturated heterocycles. The average Bonchev–Trinajstić information content (AvgIpc) is 2.55. The highest BCUT2D eigenvalue weighted by molar-refractivity contribution is 9.10. The molecule has 84 valence electrons. The van der Waals surface area contributed by atoms with Gasteiger partial charge in [-0.1, -0.05) is 15.9 Å². The summed E-state index contributed by atoms with van der Waals surface area (Å²) in [6.45, 7) is 1.94. The van der Waals surface area contributed by atoms with Gasteiger partial charge in [0.25, 0.3) is 0 Å². The largest absolute Gasteiger partial charge is 0.469 e. The Kier molecular flexibility index (Phi) is 2.96. The van der Waals surface area contributed by atoms with Gasteiger partial charge >= 0.3 is 5.97 Å². The first-order valence-corrected chi connectivity index (χ1v) is 5.61. The number of rotatable bonds is 2.